The van der Waals surface area contributed by atoms with Crippen LogP contribution in [0.15, 0.2) is 5.16 Å². The summed E-state index contributed by atoms with van der Waals surface area (Å²) in [4.78, 5) is 14.5. The Balaban J connectivity index is 1.41. The number of carbonyl (C=O) groups is 1. The van der Waals surface area contributed by atoms with E-state index in [4.69, 9.17) is 4.74 Å². The number of piperidine rings is 1. The van der Waals surface area contributed by atoms with Gasteiger partial charge in [-0.05, 0) is 50.4 Å². The van der Waals surface area contributed by atoms with Gasteiger partial charge in [0, 0.05) is 26.2 Å². The Bertz CT molecular complexity index is 634. The molecule has 3 aliphatic rings. The van der Waals surface area contributed by atoms with Gasteiger partial charge in [0.15, 0.2) is 5.16 Å². The van der Waals surface area contributed by atoms with Crippen molar-refractivity contribution in [3.8, 4) is 0 Å². The van der Waals surface area contributed by atoms with Gasteiger partial charge in [0.2, 0.25) is 11.9 Å². The summed E-state index contributed by atoms with van der Waals surface area (Å²) in [5.41, 5.74) is 0. The summed E-state index contributed by atoms with van der Waals surface area (Å²) in [6.45, 7) is 6.81. The maximum absolute atomic E-state index is 12.1. The van der Waals surface area contributed by atoms with Crippen molar-refractivity contribution < 1.29 is 9.53 Å². The van der Waals surface area contributed by atoms with E-state index in [1.165, 1.54) is 37.4 Å². The van der Waals surface area contributed by atoms with Crippen LogP contribution in [0.3, 0.4) is 0 Å². The zero-order valence-corrected chi connectivity index (χ0v) is 17.0. The van der Waals surface area contributed by atoms with Crippen molar-refractivity contribution in [2.24, 2.45) is 11.8 Å². The number of hydrogen-bond acceptors (Lipinski definition) is 6. The lowest BCUT2D eigenvalue weighted by atomic mass is 10.00. The molecular formula is C19H31N5O2S. The zero-order valence-electron chi connectivity index (χ0n) is 16.2. The molecule has 1 atom stereocenters. The Morgan fingerprint density at radius 1 is 1.22 bits per heavy atom. The van der Waals surface area contributed by atoms with E-state index in [0.29, 0.717) is 11.7 Å². The number of ether oxygens (including phenoxy) is 1. The number of amides is 1. The van der Waals surface area contributed by atoms with Crippen molar-refractivity contribution >= 4 is 23.6 Å². The number of aromatic nitrogens is 3. The average molecular weight is 394 g/mol. The molecule has 4 rings (SSSR count). The molecule has 3 fully saturated rings. The predicted octanol–water partition coefficient (Wildman–Crippen LogP) is 2.31. The topological polar surface area (TPSA) is 72.3 Å². The second kappa shape index (κ2) is 8.82. The standard InChI is InChI=1S/C19H31N5O2S/c1-14-6-8-23(9-7-14)18-21-22-19(24(18)12-16-3-2-10-26-16)27-13-17(25)20-11-15-4-5-15/h14-16H,2-13H2,1H3,(H,20,25). The van der Waals surface area contributed by atoms with Crippen LogP contribution < -0.4 is 10.2 Å². The summed E-state index contributed by atoms with van der Waals surface area (Å²) in [6.07, 6.45) is 7.32. The van der Waals surface area contributed by atoms with Crippen LogP contribution in [0.5, 0.6) is 0 Å². The SMILES string of the molecule is CC1CCN(c2nnc(SCC(=O)NCC3CC3)n2CC2CCCO2)CC1. The van der Waals surface area contributed by atoms with E-state index < -0.39 is 0 Å². The van der Waals surface area contributed by atoms with Gasteiger partial charge in [-0.15, -0.1) is 10.2 Å². The van der Waals surface area contributed by atoms with Gasteiger partial charge in [-0.25, -0.2) is 0 Å². The third-order valence-corrected chi connectivity index (χ3v) is 6.76. The third-order valence-electron chi connectivity index (χ3n) is 5.79. The highest BCUT2D eigenvalue weighted by Gasteiger charge is 2.26. The fourth-order valence-corrected chi connectivity index (χ4v) is 4.52. The predicted molar refractivity (Wildman–Crippen MR) is 106 cm³/mol. The average Bonchev–Trinajstić information content (AvgIpc) is 3.20. The molecule has 27 heavy (non-hydrogen) atoms. The van der Waals surface area contributed by atoms with Crippen molar-refractivity contribution in [3.63, 3.8) is 0 Å². The molecule has 1 saturated carbocycles. The van der Waals surface area contributed by atoms with Gasteiger partial charge in [0.05, 0.1) is 18.4 Å². The number of hydrogen-bond donors (Lipinski definition) is 1. The Morgan fingerprint density at radius 2 is 2.04 bits per heavy atom. The van der Waals surface area contributed by atoms with Gasteiger partial charge < -0.3 is 15.0 Å². The van der Waals surface area contributed by atoms with Crippen LogP contribution in [-0.4, -0.2) is 58.8 Å². The Kier molecular flexibility index (Phi) is 6.22. The molecule has 150 valence electrons. The van der Waals surface area contributed by atoms with Crippen molar-refractivity contribution in [2.75, 3.05) is 36.9 Å². The van der Waals surface area contributed by atoms with E-state index in [1.807, 2.05) is 0 Å². The summed E-state index contributed by atoms with van der Waals surface area (Å²) in [5, 5.41) is 12.8. The first-order valence-electron chi connectivity index (χ1n) is 10.4. The molecule has 8 heteroatoms. The van der Waals surface area contributed by atoms with Gasteiger partial charge in [-0.1, -0.05) is 18.7 Å². The minimum absolute atomic E-state index is 0.0897. The highest BCUT2D eigenvalue weighted by atomic mass is 32.2. The lowest BCUT2D eigenvalue weighted by Gasteiger charge is -2.31. The van der Waals surface area contributed by atoms with E-state index in [1.54, 1.807) is 0 Å². The van der Waals surface area contributed by atoms with E-state index in [-0.39, 0.29) is 12.0 Å². The fourth-order valence-electron chi connectivity index (χ4n) is 3.74. The molecule has 0 radical (unpaired) electrons. The zero-order chi connectivity index (χ0) is 18.6. The van der Waals surface area contributed by atoms with Crippen LogP contribution in [0.2, 0.25) is 0 Å². The van der Waals surface area contributed by atoms with Crippen molar-refractivity contribution in [1.82, 2.24) is 20.1 Å². The molecule has 3 heterocycles. The number of nitrogens with zero attached hydrogens (tertiary/aromatic N) is 4. The highest BCUT2D eigenvalue weighted by molar-refractivity contribution is 7.99. The molecule has 0 bridgehead atoms. The Morgan fingerprint density at radius 3 is 2.74 bits per heavy atom. The summed E-state index contributed by atoms with van der Waals surface area (Å²) in [6, 6.07) is 0. The van der Waals surface area contributed by atoms with Crippen LogP contribution in [0.4, 0.5) is 5.95 Å². The number of thioether (sulfide) groups is 1. The van der Waals surface area contributed by atoms with E-state index in [0.717, 1.165) is 62.7 Å². The molecule has 1 aliphatic carbocycles. The van der Waals surface area contributed by atoms with E-state index in [9.17, 15) is 4.79 Å². The normalized spacial score (nSPS) is 23.7. The van der Waals surface area contributed by atoms with Crippen LogP contribution >= 0.6 is 11.8 Å². The van der Waals surface area contributed by atoms with Crippen molar-refractivity contribution in [1.29, 1.82) is 0 Å². The van der Waals surface area contributed by atoms with Gasteiger partial charge in [0.25, 0.3) is 0 Å². The second-order valence-corrected chi connectivity index (χ2v) is 9.18. The maximum Gasteiger partial charge on any atom is 0.230 e. The number of nitrogens with one attached hydrogen (secondary N) is 1. The van der Waals surface area contributed by atoms with Gasteiger partial charge in [-0.3, -0.25) is 9.36 Å². The van der Waals surface area contributed by atoms with Gasteiger partial charge in [-0.2, -0.15) is 0 Å². The number of carbonyl (C=O) groups excluding carboxylic acids is 1. The molecular weight excluding hydrogens is 362 g/mol. The van der Waals surface area contributed by atoms with E-state index in [2.05, 4.69) is 31.9 Å². The Hall–Kier alpha value is -1.28. The molecule has 1 aromatic rings. The fraction of sp³-hybridized carbons (Fsp3) is 0.842. The molecule has 1 N–H and O–H groups in total. The molecule has 1 aromatic heterocycles. The molecule has 1 amide bonds. The minimum Gasteiger partial charge on any atom is -0.376 e. The van der Waals surface area contributed by atoms with Crippen LogP contribution in [0.1, 0.15) is 45.4 Å². The first kappa shape index (κ1) is 19.1. The lowest BCUT2D eigenvalue weighted by molar-refractivity contribution is -0.118. The first-order valence-corrected chi connectivity index (χ1v) is 11.4. The van der Waals surface area contributed by atoms with Crippen LogP contribution in [0, 0.1) is 11.8 Å². The smallest absolute Gasteiger partial charge is 0.230 e. The quantitative estimate of drug-likeness (QED) is 0.684. The van der Waals surface area contributed by atoms with Gasteiger partial charge >= 0.3 is 0 Å². The van der Waals surface area contributed by atoms with E-state index >= 15 is 0 Å². The monoisotopic (exact) mass is 393 g/mol. The Labute approximate surface area is 165 Å². The van der Waals surface area contributed by atoms with Gasteiger partial charge in [0.1, 0.15) is 0 Å². The maximum atomic E-state index is 12.1. The van der Waals surface area contributed by atoms with Crippen LogP contribution in [-0.2, 0) is 16.1 Å². The number of anilines is 1. The van der Waals surface area contributed by atoms with Crippen molar-refractivity contribution in [3.05, 3.63) is 0 Å². The highest BCUT2D eigenvalue weighted by Crippen LogP contribution is 2.29. The molecule has 0 spiro atoms. The number of rotatable bonds is 8. The third kappa shape index (κ3) is 5.16. The molecule has 7 nitrogen and oxygen atoms in total. The largest absolute Gasteiger partial charge is 0.376 e. The second-order valence-electron chi connectivity index (χ2n) is 8.23. The summed E-state index contributed by atoms with van der Waals surface area (Å²) in [5.74, 6) is 2.91. The van der Waals surface area contributed by atoms with Crippen molar-refractivity contribution in [2.45, 2.75) is 63.3 Å². The first-order chi connectivity index (χ1) is 13.2. The minimum atomic E-state index is 0.0897. The summed E-state index contributed by atoms with van der Waals surface area (Å²) in [7, 11) is 0. The lowest BCUT2D eigenvalue weighted by Crippen LogP contribution is -2.35. The summed E-state index contributed by atoms with van der Waals surface area (Å²) >= 11 is 1.49. The van der Waals surface area contributed by atoms with Crippen LogP contribution in [0.25, 0.3) is 0 Å². The molecule has 1 unspecified atom stereocenters. The molecule has 0 aromatic carbocycles. The molecule has 2 aliphatic heterocycles. The molecule has 2 saturated heterocycles. The summed E-state index contributed by atoms with van der Waals surface area (Å²) < 4.78 is 8.04.